The number of nitrogens with zero attached hydrogens (tertiary/aromatic N) is 1. The van der Waals surface area contributed by atoms with Gasteiger partial charge in [0, 0.05) is 18.6 Å². The van der Waals surface area contributed by atoms with Gasteiger partial charge >= 0.3 is 0 Å². The van der Waals surface area contributed by atoms with Crippen molar-refractivity contribution in [1.82, 2.24) is 10.2 Å². The van der Waals surface area contributed by atoms with Crippen LogP contribution in [-0.4, -0.2) is 35.5 Å². The van der Waals surface area contributed by atoms with Crippen LogP contribution in [0.15, 0.2) is 0 Å². The van der Waals surface area contributed by atoms with Crippen molar-refractivity contribution in [2.75, 3.05) is 6.54 Å². The van der Waals surface area contributed by atoms with Crippen LogP contribution >= 0.6 is 0 Å². The second-order valence-electron chi connectivity index (χ2n) is 6.77. The summed E-state index contributed by atoms with van der Waals surface area (Å²) in [6, 6.07) is 0.954. The van der Waals surface area contributed by atoms with E-state index in [2.05, 4.69) is 37.9 Å². The minimum atomic E-state index is 0.0672. The molecule has 1 aliphatic carbocycles. The molecule has 1 saturated heterocycles. The van der Waals surface area contributed by atoms with Crippen molar-refractivity contribution in [1.29, 1.82) is 0 Å². The molecule has 3 atom stereocenters. The molecule has 3 unspecified atom stereocenters. The lowest BCUT2D eigenvalue weighted by Gasteiger charge is -2.37. The largest absolute Gasteiger partial charge is 0.338 e. The standard InChI is InChI=1S/C15H28N2O/c1-10(2)16-14-5-6-17(15(14)18)13-8-11(3)7-12(4)9-13/h10-14,16H,5-9H2,1-4H3. The molecule has 0 aromatic heterocycles. The summed E-state index contributed by atoms with van der Waals surface area (Å²) in [5, 5.41) is 3.39. The summed E-state index contributed by atoms with van der Waals surface area (Å²) in [5.74, 6) is 1.88. The van der Waals surface area contributed by atoms with Crippen molar-refractivity contribution in [3.63, 3.8) is 0 Å². The zero-order valence-corrected chi connectivity index (χ0v) is 12.3. The minimum Gasteiger partial charge on any atom is -0.338 e. The minimum absolute atomic E-state index is 0.0672. The van der Waals surface area contributed by atoms with Crippen molar-refractivity contribution in [2.24, 2.45) is 11.8 Å². The van der Waals surface area contributed by atoms with Gasteiger partial charge in [-0.05, 0) is 37.5 Å². The summed E-state index contributed by atoms with van der Waals surface area (Å²) in [6.07, 6.45) is 4.71. The Bertz CT molecular complexity index is 293. The molecule has 2 rings (SSSR count). The summed E-state index contributed by atoms with van der Waals surface area (Å²) in [7, 11) is 0. The molecule has 2 aliphatic rings. The Hall–Kier alpha value is -0.570. The lowest BCUT2D eigenvalue weighted by molar-refractivity contribution is -0.132. The number of hydrogen-bond acceptors (Lipinski definition) is 2. The second-order valence-corrected chi connectivity index (χ2v) is 6.77. The first kappa shape index (κ1) is 13.9. The molecule has 1 amide bonds. The van der Waals surface area contributed by atoms with Crippen LogP contribution in [0.1, 0.15) is 53.4 Å². The third-order valence-corrected chi connectivity index (χ3v) is 4.37. The lowest BCUT2D eigenvalue weighted by Crippen LogP contribution is -2.46. The first-order valence-corrected chi connectivity index (χ1v) is 7.54. The lowest BCUT2D eigenvalue weighted by atomic mass is 9.80. The average molecular weight is 252 g/mol. The first-order valence-electron chi connectivity index (χ1n) is 7.54. The van der Waals surface area contributed by atoms with E-state index in [4.69, 9.17) is 0 Å². The van der Waals surface area contributed by atoms with Gasteiger partial charge in [0.25, 0.3) is 0 Å². The quantitative estimate of drug-likeness (QED) is 0.836. The van der Waals surface area contributed by atoms with E-state index in [-0.39, 0.29) is 6.04 Å². The van der Waals surface area contributed by atoms with Crippen LogP contribution < -0.4 is 5.32 Å². The van der Waals surface area contributed by atoms with Gasteiger partial charge in [-0.3, -0.25) is 4.79 Å². The van der Waals surface area contributed by atoms with E-state index in [9.17, 15) is 4.79 Å². The maximum Gasteiger partial charge on any atom is 0.240 e. The topological polar surface area (TPSA) is 32.3 Å². The number of rotatable bonds is 3. The number of likely N-dealkylation sites (tertiary alicyclic amines) is 1. The van der Waals surface area contributed by atoms with Crippen molar-refractivity contribution >= 4 is 5.91 Å². The fourth-order valence-electron chi connectivity index (χ4n) is 3.78. The van der Waals surface area contributed by atoms with Gasteiger partial charge in [-0.1, -0.05) is 27.7 Å². The number of amides is 1. The fraction of sp³-hybridized carbons (Fsp3) is 0.933. The Balaban J connectivity index is 1.96. The van der Waals surface area contributed by atoms with Crippen LogP contribution in [0.5, 0.6) is 0 Å². The fourth-order valence-corrected chi connectivity index (χ4v) is 3.78. The van der Waals surface area contributed by atoms with Crippen molar-refractivity contribution in [3.05, 3.63) is 0 Å². The molecule has 1 heterocycles. The highest BCUT2D eigenvalue weighted by molar-refractivity contribution is 5.84. The van der Waals surface area contributed by atoms with Crippen LogP contribution in [-0.2, 0) is 4.79 Å². The molecule has 1 N–H and O–H groups in total. The smallest absolute Gasteiger partial charge is 0.240 e. The highest BCUT2D eigenvalue weighted by atomic mass is 16.2. The predicted octanol–water partition coefficient (Wildman–Crippen LogP) is 2.41. The van der Waals surface area contributed by atoms with Crippen LogP contribution in [0.4, 0.5) is 0 Å². The summed E-state index contributed by atoms with van der Waals surface area (Å²) < 4.78 is 0. The van der Waals surface area contributed by atoms with Crippen LogP contribution in [0.2, 0.25) is 0 Å². The molecule has 104 valence electrons. The molecule has 0 aromatic carbocycles. The average Bonchev–Trinajstić information content (AvgIpc) is 2.58. The van der Waals surface area contributed by atoms with E-state index in [0.717, 1.165) is 24.8 Å². The van der Waals surface area contributed by atoms with Crippen molar-refractivity contribution in [3.8, 4) is 0 Å². The highest BCUT2D eigenvalue weighted by Crippen LogP contribution is 2.33. The number of hydrogen-bond donors (Lipinski definition) is 1. The Morgan fingerprint density at radius 2 is 1.78 bits per heavy atom. The van der Waals surface area contributed by atoms with Crippen molar-refractivity contribution in [2.45, 2.75) is 71.5 Å². The third-order valence-electron chi connectivity index (χ3n) is 4.37. The summed E-state index contributed by atoms with van der Waals surface area (Å²) >= 11 is 0. The first-order chi connectivity index (χ1) is 8.47. The van der Waals surface area contributed by atoms with E-state index >= 15 is 0 Å². The van der Waals surface area contributed by atoms with Gasteiger partial charge in [0.05, 0.1) is 6.04 Å². The van der Waals surface area contributed by atoms with E-state index in [1.165, 1.54) is 19.3 Å². The zero-order valence-electron chi connectivity index (χ0n) is 12.3. The molecule has 3 nitrogen and oxygen atoms in total. The number of nitrogens with one attached hydrogen (secondary N) is 1. The molecular formula is C15H28N2O. The van der Waals surface area contributed by atoms with Gasteiger partial charge in [-0.2, -0.15) is 0 Å². The molecule has 18 heavy (non-hydrogen) atoms. The Kier molecular flexibility index (Phi) is 4.31. The van der Waals surface area contributed by atoms with Crippen molar-refractivity contribution < 1.29 is 4.79 Å². The normalized spacial score (nSPS) is 37.6. The SMILES string of the molecule is CC1CC(C)CC(N2CCC(NC(C)C)C2=O)C1. The Morgan fingerprint density at radius 1 is 1.17 bits per heavy atom. The van der Waals surface area contributed by atoms with Gasteiger partial charge in [0.1, 0.15) is 0 Å². The van der Waals surface area contributed by atoms with Gasteiger partial charge < -0.3 is 10.2 Å². The Labute approximate surface area is 111 Å². The van der Waals surface area contributed by atoms with Gasteiger partial charge in [-0.25, -0.2) is 0 Å². The van der Waals surface area contributed by atoms with Gasteiger partial charge in [-0.15, -0.1) is 0 Å². The van der Waals surface area contributed by atoms with E-state index in [0.29, 0.717) is 18.0 Å². The van der Waals surface area contributed by atoms with Crippen LogP contribution in [0, 0.1) is 11.8 Å². The summed E-state index contributed by atoms with van der Waals surface area (Å²) in [5.41, 5.74) is 0. The molecular weight excluding hydrogens is 224 g/mol. The highest BCUT2D eigenvalue weighted by Gasteiger charge is 2.38. The molecule has 2 fully saturated rings. The van der Waals surface area contributed by atoms with Crippen LogP contribution in [0.3, 0.4) is 0 Å². The molecule has 0 spiro atoms. The molecule has 1 aliphatic heterocycles. The molecule has 3 heteroatoms. The van der Waals surface area contributed by atoms with E-state index < -0.39 is 0 Å². The third kappa shape index (κ3) is 3.05. The van der Waals surface area contributed by atoms with Gasteiger partial charge in [0.15, 0.2) is 0 Å². The van der Waals surface area contributed by atoms with E-state index in [1.807, 2.05) is 0 Å². The molecule has 1 saturated carbocycles. The van der Waals surface area contributed by atoms with Crippen LogP contribution in [0.25, 0.3) is 0 Å². The van der Waals surface area contributed by atoms with Gasteiger partial charge in [0.2, 0.25) is 5.91 Å². The summed E-state index contributed by atoms with van der Waals surface area (Å²) in [6.45, 7) is 9.83. The molecule has 0 bridgehead atoms. The maximum atomic E-state index is 12.4. The monoisotopic (exact) mass is 252 g/mol. The Morgan fingerprint density at radius 3 is 2.33 bits per heavy atom. The predicted molar refractivity (Wildman–Crippen MR) is 74.4 cm³/mol. The molecule has 0 aromatic rings. The zero-order chi connectivity index (χ0) is 13.3. The number of carbonyl (C=O) groups is 1. The second kappa shape index (κ2) is 5.60. The van der Waals surface area contributed by atoms with E-state index in [1.54, 1.807) is 0 Å². The maximum absolute atomic E-state index is 12.4. The summed E-state index contributed by atoms with van der Waals surface area (Å²) in [4.78, 5) is 14.6. The number of carbonyl (C=O) groups excluding carboxylic acids is 1. The molecule has 0 radical (unpaired) electrons.